The van der Waals surface area contributed by atoms with E-state index in [9.17, 15) is 14.9 Å². The third-order valence-electron chi connectivity index (χ3n) is 3.99. The lowest BCUT2D eigenvalue weighted by molar-refractivity contribution is -0.402. The summed E-state index contributed by atoms with van der Waals surface area (Å²) in [7, 11) is 0. The van der Waals surface area contributed by atoms with Gasteiger partial charge in [0.05, 0.1) is 6.07 Å². The first-order valence-electron chi connectivity index (χ1n) is 8.01. The van der Waals surface area contributed by atoms with Gasteiger partial charge in [-0.2, -0.15) is 0 Å². The molecule has 0 aliphatic carbocycles. The molecule has 1 aromatic carbocycles. The van der Waals surface area contributed by atoms with Gasteiger partial charge in [0.1, 0.15) is 4.92 Å². The first-order chi connectivity index (χ1) is 12.5. The number of benzene rings is 1. The predicted molar refractivity (Wildman–Crippen MR) is 94.4 cm³/mol. The van der Waals surface area contributed by atoms with Crippen molar-refractivity contribution < 1.29 is 14.1 Å². The Morgan fingerprint density at radius 3 is 2.62 bits per heavy atom. The third kappa shape index (κ3) is 3.94. The molecule has 0 unspecified atom stereocenters. The molecule has 0 saturated heterocycles. The zero-order valence-corrected chi connectivity index (χ0v) is 14.2. The number of aryl methyl sites for hydroxylation is 1. The van der Waals surface area contributed by atoms with Crippen LogP contribution in [0.3, 0.4) is 0 Å². The van der Waals surface area contributed by atoms with E-state index < -0.39 is 16.7 Å². The molecule has 0 radical (unpaired) electrons. The topological polar surface area (TPSA) is 89.5 Å². The first kappa shape index (κ1) is 17.3. The highest BCUT2D eigenvalue weighted by Gasteiger charge is 2.23. The van der Waals surface area contributed by atoms with E-state index in [-0.39, 0.29) is 5.76 Å². The Hall–Kier alpha value is -3.48. The van der Waals surface area contributed by atoms with Crippen molar-refractivity contribution in [3.05, 3.63) is 93.5 Å². The summed E-state index contributed by atoms with van der Waals surface area (Å²) in [6.07, 6.45) is 3.34. The summed E-state index contributed by atoms with van der Waals surface area (Å²) in [4.78, 5) is 28.7. The number of hydrogen-bond acceptors (Lipinski definition) is 5. The van der Waals surface area contributed by atoms with Crippen LogP contribution in [-0.2, 0) is 13.1 Å². The number of carbonyl (C=O) groups excluding carboxylic acids is 1. The summed E-state index contributed by atoms with van der Waals surface area (Å²) < 4.78 is 5.09. The van der Waals surface area contributed by atoms with Crippen LogP contribution in [0.25, 0.3) is 0 Å². The maximum absolute atomic E-state index is 12.9. The molecule has 132 valence electrons. The summed E-state index contributed by atoms with van der Waals surface area (Å²) in [5, 5.41) is 10.8. The maximum atomic E-state index is 12.9. The summed E-state index contributed by atoms with van der Waals surface area (Å²) in [5.74, 6) is -0.926. The fraction of sp³-hybridized carbons (Fsp3) is 0.158. The van der Waals surface area contributed by atoms with Gasteiger partial charge in [-0.05, 0) is 35.7 Å². The molecule has 7 heteroatoms. The van der Waals surface area contributed by atoms with Crippen LogP contribution >= 0.6 is 0 Å². The number of pyridine rings is 1. The van der Waals surface area contributed by atoms with Gasteiger partial charge in [0.25, 0.3) is 5.91 Å². The van der Waals surface area contributed by atoms with Crippen molar-refractivity contribution in [1.82, 2.24) is 9.88 Å². The van der Waals surface area contributed by atoms with Gasteiger partial charge < -0.3 is 9.32 Å². The van der Waals surface area contributed by atoms with E-state index in [1.807, 2.05) is 37.3 Å². The van der Waals surface area contributed by atoms with Gasteiger partial charge in [-0.15, -0.1) is 0 Å². The normalized spacial score (nSPS) is 10.5. The van der Waals surface area contributed by atoms with Gasteiger partial charge in [0.2, 0.25) is 0 Å². The van der Waals surface area contributed by atoms with Crippen molar-refractivity contribution >= 4 is 11.8 Å². The van der Waals surface area contributed by atoms with Crippen LogP contribution in [0.1, 0.15) is 27.2 Å². The second-order valence-corrected chi connectivity index (χ2v) is 5.84. The SMILES string of the molecule is Cc1ccccc1CN(Cc1cccnc1)C(=O)c1ccc([N+](=O)[O-])o1. The Labute approximate surface area is 150 Å². The van der Waals surface area contributed by atoms with E-state index in [4.69, 9.17) is 4.42 Å². The Morgan fingerprint density at radius 2 is 1.96 bits per heavy atom. The molecule has 0 N–H and O–H groups in total. The number of nitro groups is 1. The van der Waals surface area contributed by atoms with Crippen LogP contribution in [0, 0.1) is 17.0 Å². The zero-order valence-electron chi connectivity index (χ0n) is 14.2. The molecule has 0 spiro atoms. The van der Waals surface area contributed by atoms with Gasteiger partial charge in [0.15, 0.2) is 5.76 Å². The third-order valence-corrected chi connectivity index (χ3v) is 3.99. The molecule has 0 atom stereocenters. The molecule has 0 fully saturated rings. The van der Waals surface area contributed by atoms with E-state index in [0.717, 1.165) is 16.7 Å². The first-order valence-corrected chi connectivity index (χ1v) is 8.01. The minimum atomic E-state index is -0.663. The standard InChI is InChI=1S/C19H17N3O4/c1-14-5-2-3-7-16(14)13-21(12-15-6-4-10-20-11-15)19(23)17-8-9-18(26-17)22(24)25/h2-11H,12-13H2,1H3. The number of hydrogen-bond donors (Lipinski definition) is 0. The smallest absolute Gasteiger partial charge is 0.395 e. The van der Waals surface area contributed by atoms with Crippen molar-refractivity contribution in [2.75, 3.05) is 0 Å². The molecule has 0 saturated carbocycles. The molecule has 3 aromatic rings. The van der Waals surface area contributed by atoms with E-state index in [1.54, 1.807) is 23.4 Å². The van der Waals surface area contributed by atoms with Crippen LogP contribution in [0.5, 0.6) is 0 Å². The van der Waals surface area contributed by atoms with E-state index in [1.165, 1.54) is 12.1 Å². The second-order valence-electron chi connectivity index (χ2n) is 5.84. The molecule has 3 rings (SSSR count). The fourth-order valence-electron chi connectivity index (χ4n) is 2.60. The van der Waals surface area contributed by atoms with E-state index >= 15 is 0 Å². The van der Waals surface area contributed by atoms with Gasteiger partial charge in [-0.25, -0.2) is 0 Å². The van der Waals surface area contributed by atoms with E-state index in [0.29, 0.717) is 13.1 Å². The number of furan rings is 1. The summed E-state index contributed by atoms with van der Waals surface area (Å²) in [6, 6.07) is 13.9. The lowest BCUT2D eigenvalue weighted by Crippen LogP contribution is -2.30. The Kier molecular flexibility index (Phi) is 5.07. The van der Waals surface area contributed by atoms with Crippen molar-refractivity contribution in [1.29, 1.82) is 0 Å². The molecule has 2 heterocycles. The zero-order chi connectivity index (χ0) is 18.5. The van der Waals surface area contributed by atoms with E-state index in [2.05, 4.69) is 4.98 Å². The summed E-state index contributed by atoms with van der Waals surface area (Å²) in [6.45, 7) is 2.64. The van der Waals surface area contributed by atoms with Crippen molar-refractivity contribution in [2.45, 2.75) is 20.0 Å². The molecule has 1 amide bonds. The summed E-state index contributed by atoms with van der Waals surface area (Å²) >= 11 is 0. The number of carbonyl (C=O) groups is 1. The molecular weight excluding hydrogens is 334 g/mol. The largest absolute Gasteiger partial charge is 0.433 e. The van der Waals surface area contributed by atoms with Gasteiger partial charge in [-0.1, -0.05) is 30.3 Å². The molecule has 26 heavy (non-hydrogen) atoms. The predicted octanol–water partition coefficient (Wildman–Crippen LogP) is 3.73. The number of rotatable bonds is 6. The molecule has 2 aromatic heterocycles. The Morgan fingerprint density at radius 1 is 1.15 bits per heavy atom. The average molecular weight is 351 g/mol. The van der Waals surface area contributed by atoms with Crippen molar-refractivity contribution in [2.24, 2.45) is 0 Å². The van der Waals surface area contributed by atoms with Crippen LogP contribution in [0.4, 0.5) is 5.88 Å². The highest BCUT2D eigenvalue weighted by Crippen LogP contribution is 2.20. The van der Waals surface area contributed by atoms with Gasteiger partial charge >= 0.3 is 5.88 Å². The molecule has 0 aliphatic heterocycles. The van der Waals surface area contributed by atoms with Gasteiger partial charge in [0, 0.05) is 25.5 Å². The monoisotopic (exact) mass is 351 g/mol. The Balaban J connectivity index is 1.89. The minimum Gasteiger partial charge on any atom is -0.395 e. The average Bonchev–Trinajstić information content (AvgIpc) is 3.14. The van der Waals surface area contributed by atoms with Crippen molar-refractivity contribution in [3.8, 4) is 0 Å². The lowest BCUT2D eigenvalue weighted by Gasteiger charge is -2.22. The fourth-order valence-corrected chi connectivity index (χ4v) is 2.60. The molecular formula is C19H17N3O4. The van der Waals surface area contributed by atoms with Crippen LogP contribution in [0.15, 0.2) is 65.3 Å². The second kappa shape index (κ2) is 7.60. The van der Waals surface area contributed by atoms with Gasteiger partial charge in [-0.3, -0.25) is 19.9 Å². The molecule has 0 aliphatic rings. The minimum absolute atomic E-state index is 0.0609. The number of nitrogens with zero attached hydrogens (tertiary/aromatic N) is 3. The number of aromatic nitrogens is 1. The number of amides is 1. The van der Waals surface area contributed by atoms with Crippen molar-refractivity contribution in [3.63, 3.8) is 0 Å². The van der Waals surface area contributed by atoms with Crippen LogP contribution in [0.2, 0.25) is 0 Å². The highest BCUT2D eigenvalue weighted by atomic mass is 16.6. The van der Waals surface area contributed by atoms with Crippen LogP contribution in [-0.4, -0.2) is 20.7 Å². The quantitative estimate of drug-likeness (QED) is 0.498. The maximum Gasteiger partial charge on any atom is 0.433 e. The van der Waals surface area contributed by atoms with Crippen LogP contribution < -0.4 is 0 Å². The highest BCUT2D eigenvalue weighted by molar-refractivity contribution is 5.91. The Bertz CT molecular complexity index is 921. The summed E-state index contributed by atoms with van der Waals surface area (Å²) in [5.41, 5.74) is 2.91. The molecule has 7 nitrogen and oxygen atoms in total. The molecule has 0 bridgehead atoms. The lowest BCUT2D eigenvalue weighted by atomic mass is 10.1.